The molecule has 0 bridgehead atoms. The Kier molecular flexibility index (Phi) is 2.23. The van der Waals surface area contributed by atoms with E-state index in [4.69, 9.17) is 11.6 Å². The fraction of sp³-hybridized carbons (Fsp3) is 0.300. The molecule has 0 aliphatic carbocycles. The summed E-state index contributed by atoms with van der Waals surface area (Å²) in [6.45, 7) is 3.00. The van der Waals surface area contributed by atoms with Gasteiger partial charge in [0, 0.05) is 30.7 Å². The van der Waals surface area contributed by atoms with Crippen molar-refractivity contribution in [3.63, 3.8) is 0 Å². The fourth-order valence-electron chi connectivity index (χ4n) is 1.46. The van der Waals surface area contributed by atoms with Crippen LogP contribution in [-0.4, -0.2) is 16.4 Å². The van der Waals surface area contributed by atoms with Crippen molar-refractivity contribution in [3.8, 4) is 0 Å². The van der Waals surface area contributed by atoms with Gasteiger partial charge in [0.2, 0.25) is 0 Å². The minimum Gasteiger partial charge on any atom is -0.358 e. The number of aromatic nitrogens is 1. The van der Waals surface area contributed by atoms with Gasteiger partial charge in [-0.15, -0.1) is 0 Å². The molecule has 3 heteroatoms. The minimum atomic E-state index is -0.0706. The van der Waals surface area contributed by atoms with E-state index in [0.717, 1.165) is 12.1 Å². The number of pyridine rings is 1. The molecule has 0 aromatic carbocycles. The number of fused-ring (bicyclic) bond motifs is 1. The maximum Gasteiger partial charge on any atom is 0.131 e. The number of nitrogens with zero attached hydrogens (tertiary/aromatic N) is 2. The summed E-state index contributed by atoms with van der Waals surface area (Å²) < 4.78 is 0. The average molecular weight is 195 g/mol. The standard InChI is InChI=1S/C10H11ClN2/c1-2-13-6-4-8-3-5-12-7-9(8)10(13)11/h3-7,10H,2H2,1H3. The molecule has 13 heavy (non-hydrogen) atoms. The topological polar surface area (TPSA) is 16.1 Å². The number of halogens is 1. The maximum absolute atomic E-state index is 6.25. The molecule has 1 aromatic rings. The van der Waals surface area contributed by atoms with Crippen LogP contribution in [0.25, 0.3) is 6.08 Å². The lowest BCUT2D eigenvalue weighted by molar-refractivity contribution is 0.370. The van der Waals surface area contributed by atoms with Gasteiger partial charge in [-0.05, 0) is 24.6 Å². The summed E-state index contributed by atoms with van der Waals surface area (Å²) in [5.74, 6) is 0. The molecule has 1 aliphatic rings. The Balaban J connectivity index is 2.42. The lowest BCUT2D eigenvalue weighted by Crippen LogP contribution is -2.22. The Bertz CT molecular complexity index is 335. The van der Waals surface area contributed by atoms with Crippen LogP contribution >= 0.6 is 11.6 Å². The third-order valence-corrected chi connectivity index (χ3v) is 2.73. The third-order valence-electron chi connectivity index (χ3n) is 2.25. The highest BCUT2D eigenvalue weighted by atomic mass is 35.5. The fourth-order valence-corrected chi connectivity index (χ4v) is 1.85. The first-order valence-electron chi connectivity index (χ1n) is 4.35. The van der Waals surface area contributed by atoms with Crippen LogP contribution in [0.1, 0.15) is 23.6 Å². The van der Waals surface area contributed by atoms with Crippen LogP contribution < -0.4 is 0 Å². The molecule has 2 heterocycles. The highest BCUT2D eigenvalue weighted by Crippen LogP contribution is 2.31. The largest absolute Gasteiger partial charge is 0.358 e. The molecule has 68 valence electrons. The summed E-state index contributed by atoms with van der Waals surface area (Å²) in [5.41, 5.74) is 2.19. The molecular weight excluding hydrogens is 184 g/mol. The summed E-state index contributed by atoms with van der Waals surface area (Å²) in [6, 6.07) is 1.98. The van der Waals surface area contributed by atoms with E-state index in [9.17, 15) is 0 Å². The Morgan fingerprint density at radius 1 is 1.62 bits per heavy atom. The molecule has 0 saturated carbocycles. The molecule has 1 unspecified atom stereocenters. The van der Waals surface area contributed by atoms with E-state index < -0.39 is 0 Å². The molecule has 0 amide bonds. The van der Waals surface area contributed by atoms with Crippen LogP contribution in [0.4, 0.5) is 0 Å². The van der Waals surface area contributed by atoms with Gasteiger partial charge in [-0.25, -0.2) is 0 Å². The van der Waals surface area contributed by atoms with Gasteiger partial charge in [0.05, 0.1) is 0 Å². The van der Waals surface area contributed by atoms with Gasteiger partial charge in [0.15, 0.2) is 0 Å². The first-order chi connectivity index (χ1) is 6.33. The Hall–Kier alpha value is -1.02. The monoisotopic (exact) mass is 194 g/mol. The minimum absolute atomic E-state index is 0.0706. The van der Waals surface area contributed by atoms with Crippen molar-refractivity contribution in [2.24, 2.45) is 0 Å². The predicted octanol–water partition coefficient (Wildman–Crippen LogP) is 2.63. The number of alkyl halides is 1. The van der Waals surface area contributed by atoms with Crippen LogP contribution in [0.15, 0.2) is 24.7 Å². The van der Waals surface area contributed by atoms with Crippen molar-refractivity contribution < 1.29 is 0 Å². The van der Waals surface area contributed by atoms with Gasteiger partial charge in [0.1, 0.15) is 5.50 Å². The number of rotatable bonds is 1. The van der Waals surface area contributed by atoms with Gasteiger partial charge in [-0.3, -0.25) is 4.98 Å². The van der Waals surface area contributed by atoms with Crippen molar-refractivity contribution in [3.05, 3.63) is 35.8 Å². The van der Waals surface area contributed by atoms with Crippen molar-refractivity contribution in [2.75, 3.05) is 6.54 Å². The molecule has 1 atom stereocenters. The van der Waals surface area contributed by atoms with Crippen molar-refractivity contribution in [2.45, 2.75) is 12.4 Å². The predicted molar refractivity (Wildman–Crippen MR) is 54.2 cm³/mol. The zero-order valence-corrected chi connectivity index (χ0v) is 8.20. The average Bonchev–Trinajstić information content (AvgIpc) is 2.19. The molecule has 0 fully saturated rings. The molecule has 0 N–H and O–H groups in total. The van der Waals surface area contributed by atoms with Crippen LogP contribution in [0.5, 0.6) is 0 Å². The van der Waals surface area contributed by atoms with E-state index in [1.165, 1.54) is 5.56 Å². The number of hydrogen-bond acceptors (Lipinski definition) is 2. The zero-order chi connectivity index (χ0) is 9.26. The second kappa shape index (κ2) is 3.38. The molecule has 0 spiro atoms. The summed E-state index contributed by atoms with van der Waals surface area (Å²) in [4.78, 5) is 6.15. The van der Waals surface area contributed by atoms with E-state index in [0.29, 0.717) is 0 Å². The smallest absolute Gasteiger partial charge is 0.131 e. The van der Waals surface area contributed by atoms with Crippen LogP contribution in [0.3, 0.4) is 0 Å². The van der Waals surface area contributed by atoms with Crippen molar-refractivity contribution in [1.29, 1.82) is 0 Å². The first-order valence-corrected chi connectivity index (χ1v) is 4.78. The van der Waals surface area contributed by atoms with Gasteiger partial charge in [-0.1, -0.05) is 11.6 Å². The highest BCUT2D eigenvalue weighted by molar-refractivity contribution is 6.21. The molecule has 2 rings (SSSR count). The van der Waals surface area contributed by atoms with Crippen LogP contribution in [0, 0.1) is 0 Å². The number of hydrogen-bond donors (Lipinski definition) is 0. The maximum atomic E-state index is 6.25. The molecule has 0 saturated heterocycles. The lowest BCUT2D eigenvalue weighted by atomic mass is 10.1. The van der Waals surface area contributed by atoms with Crippen LogP contribution in [-0.2, 0) is 0 Å². The van der Waals surface area contributed by atoms with E-state index in [-0.39, 0.29) is 5.50 Å². The second-order valence-electron chi connectivity index (χ2n) is 2.99. The van der Waals surface area contributed by atoms with E-state index in [1.807, 2.05) is 18.5 Å². The molecule has 1 aromatic heterocycles. The SMILES string of the molecule is CCN1C=Cc2ccncc2C1Cl. The van der Waals surface area contributed by atoms with Gasteiger partial charge in [-0.2, -0.15) is 0 Å². The van der Waals surface area contributed by atoms with Gasteiger partial charge in [0.25, 0.3) is 0 Å². The Morgan fingerprint density at radius 3 is 3.23 bits per heavy atom. The third kappa shape index (κ3) is 1.42. The van der Waals surface area contributed by atoms with Crippen LogP contribution in [0.2, 0.25) is 0 Å². The quantitative estimate of drug-likeness (QED) is 0.505. The molecular formula is C10H11ClN2. The van der Waals surface area contributed by atoms with E-state index in [2.05, 4.69) is 22.9 Å². The molecule has 2 nitrogen and oxygen atoms in total. The summed E-state index contributed by atoms with van der Waals surface area (Å²) in [7, 11) is 0. The lowest BCUT2D eigenvalue weighted by Gasteiger charge is -2.28. The summed E-state index contributed by atoms with van der Waals surface area (Å²) >= 11 is 6.25. The Morgan fingerprint density at radius 2 is 2.46 bits per heavy atom. The highest BCUT2D eigenvalue weighted by Gasteiger charge is 2.19. The van der Waals surface area contributed by atoms with Gasteiger partial charge < -0.3 is 4.90 Å². The zero-order valence-electron chi connectivity index (χ0n) is 7.44. The Labute approximate surface area is 82.8 Å². The summed E-state index contributed by atoms with van der Waals surface area (Å²) in [5, 5.41) is 0. The van der Waals surface area contributed by atoms with Crippen molar-refractivity contribution >= 4 is 17.7 Å². The second-order valence-corrected chi connectivity index (χ2v) is 3.40. The normalized spacial score (nSPS) is 20.2. The van der Waals surface area contributed by atoms with E-state index in [1.54, 1.807) is 6.20 Å². The van der Waals surface area contributed by atoms with Gasteiger partial charge >= 0.3 is 0 Å². The molecule has 1 aliphatic heterocycles. The summed E-state index contributed by atoms with van der Waals surface area (Å²) in [6.07, 6.45) is 7.72. The first kappa shape index (κ1) is 8.57. The molecule has 0 radical (unpaired) electrons. The van der Waals surface area contributed by atoms with Crippen molar-refractivity contribution in [1.82, 2.24) is 9.88 Å². The van der Waals surface area contributed by atoms with E-state index >= 15 is 0 Å².